The quantitative estimate of drug-likeness (QED) is 0.171. The maximum Gasteiger partial charge on any atom is 0.327 e. The Hall–Kier alpha value is -2.27. The van der Waals surface area contributed by atoms with Gasteiger partial charge in [0.05, 0.1) is 13.2 Å². The molecule has 0 heterocycles. The van der Waals surface area contributed by atoms with Crippen molar-refractivity contribution in [2.75, 3.05) is 13.2 Å². The van der Waals surface area contributed by atoms with E-state index in [1.165, 1.54) is 16.7 Å². The van der Waals surface area contributed by atoms with Crippen molar-refractivity contribution < 1.29 is 24.5 Å². The lowest BCUT2D eigenvalue weighted by atomic mass is 9.73. The maximum atomic E-state index is 10.6. The van der Waals surface area contributed by atoms with E-state index in [-0.39, 0.29) is 29.5 Å². The minimum Gasteiger partial charge on any atom is -0.508 e. The van der Waals surface area contributed by atoms with Crippen LogP contribution in [0.15, 0.2) is 78.9 Å². The zero-order valence-electron chi connectivity index (χ0n) is 24.4. The summed E-state index contributed by atoms with van der Waals surface area (Å²) in [5.74, 6) is 0.349. The van der Waals surface area contributed by atoms with Gasteiger partial charge in [-0.15, -0.1) is 0 Å². The number of aromatic hydroxyl groups is 1. The predicted molar refractivity (Wildman–Crippen MR) is 162 cm³/mol. The predicted octanol–water partition coefficient (Wildman–Crippen LogP) is 7.84. The van der Waals surface area contributed by atoms with Crippen molar-refractivity contribution in [2.45, 2.75) is 78.1 Å². The van der Waals surface area contributed by atoms with Gasteiger partial charge in [-0.25, -0.2) is 0 Å². The minimum atomic E-state index is -2.30. The summed E-state index contributed by atoms with van der Waals surface area (Å²) in [6, 6.07) is 26.9. The molecule has 5 nitrogen and oxygen atoms in total. The van der Waals surface area contributed by atoms with E-state index in [0.29, 0.717) is 5.75 Å². The van der Waals surface area contributed by atoms with Gasteiger partial charge >= 0.3 is 8.60 Å². The number of hydrogen-bond donors (Lipinski definition) is 4. The molecule has 3 rings (SSSR count). The highest BCUT2D eigenvalue weighted by Crippen LogP contribution is 2.41. The summed E-state index contributed by atoms with van der Waals surface area (Å²) < 4.78 is 4.80. The zero-order chi connectivity index (χ0) is 29.1. The van der Waals surface area contributed by atoms with E-state index in [4.69, 9.17) is 14.3 Å². The maximum absolute atomic E-state index is 10.6. The molecule has 0 aromatic heterocycles. The van der Waals surface area contributed by atoms with Crippen LogP contribution in [0, 0.1) is 5.41 Å². The summed E-state index contributed by atoms with van der Waals surface area (Å²) in [5.41, 5.74) is 3.92. The summed E-state index contributed by atoms with van der Waals surface area (Å²) in [6.45, 7) is 13.1. The average molecular weight is 555 g/mol. The smallest absolute Gasteiger partial charge is 0.327 e. The van der Waals surface area contributed by atoms with Gasteiger partial charge in [-0.05, 0) is 35.6 Å². The molecule has 3 aromatic rings. The summed E-state index contributed by atoms with van der Waals surface area (Å²) in [4.78, 5) is 17.3. The molecule has 214 valence electrons. The van der Waals surface area contributed by atoms with Crippen LogP contribution < -0.4 is 0 Å². The molecule has 0 amide bonds. The number of rotatable bonds is 12. The molecular formula is C33H47O5P. The van der Waals surface area contributed by atoms with Gasteiger partial charge in [0.2, 0.25) is 0 Å². The second-order valence-corrected chi connectivity index (χ2v) is 12.1. The molecule has 0 fully saturated rings. The monoisotopic (exact) mass is 554 g/mol. The molecular weight excluding hydrogens is 507 g/mol. The van der Waals surface area contributed by atoms with Crippen LogP contribution in [0.5, 0.6) is 5.75 Å². The number of unbranched alkanes of at least 4 members (excludes halogenated alkanes) is 1. The fourth-order valence-electron chi connectivity index (χ4n) is 4.79. The van der Waals surface area contributed by atoms with Crippen molar-refractivity contribution in [2.24, 2.45) is 5.41 Å². The number of aliphatic hydroxyl groups excluding tert-OH is 1. The highest BCUT2D eigenvalue weighted by atomic mass is 31.2. The van der Waals surface area contributed by atoms with E-state index in [1.54, 1.807) is 0 Å². The second-order valence-electron chi connectivity index (χ2n) is 11.4. The first kappa shape index (κ1) is 32.9. The van der Waals surface area contributed by atoms with Gasteiger partial charge in [-0.3, -0.25) is 0 Å². The van der Waals surface area contributed by atoms with E-state index in [2.05, 4.69) is 77.1 Å². The minimum absolute atomic E-state index is 0.0344. The lowest BCUT2D eigenvalue weighted by Crippen LogP contribution is -2.29. The van der Waals surface area contributed by atoms with Gasteiger partial charge < -0.3 is 24.5 Å². The van der Waals surface area contributed by atoms with Crippen LogP contribution in [0.25, 0.3) is 0 Å². The Kier molecular flexibility index (Phi) is 12.6. The molecule has 4 N–H and O–H groups in total. The molecule has 0 saturated carbocycles. The first-order chi connectivity index (χ1) is 18.4. The van der Waals surface area contributed by atoms with Crippen LogP contribution in [0.3, 0.4) is 0 Å². The lowest BCUT2D eigenvalue weighted by molar-refractivity contribution is 0.0474. The van der Waals surface area contributed by atoms with Gasteiger partial charge in [0.15, 0.2) is 0 Å². The Morgan fingerprint density at radius 2 is 1.28 bits per heavy atom. The van der Waals surface area contributed by atoms with Crippen molar-refractivity contribution in [1.82, 2.24) is 0 Å². The van der Waals surface area contributed by atoms with Crippen molar-refractivity contribution >= 4 is 8.60 Å². The van der Waals surface area contributed by atoms with Crippen LogP contribution in [0.2, 0.25) is 0 Å². The van der Waals surface area contributed by atoms with Crippen LogP contribution in [0.4, 0.5) is 0 Å². The molecule has 6 heteroatoms. The molecule has 1 atom stereocenters. The summed E-state index contributed by atoms with van der Waals surface area (Å²) in [5, 5.41) is 19.8. The number of hydrogen-bond acceptors (Lipinski definition) is 5. The molecule has 0 saturated heterocycles. The topological polar surface area (TPSA) is 90.2 Å². The zero-order valence-corrected chi connectivity index (χ0v) is 25.3. The molecule has 1 unspecified atom stereocenters. The van der Waals surface area contributed by atoms with Crippen LogP contribution in [-0.2, 0) is 15.4 Å². The largest absolute Gasteiger partial charge is 0.508 e. The Morgan fingerprint density at radius 1 is 0.744 bits per heavy atom. The van der Waals surface area contributed by atoms with E-state index < -0.39 is 8.60 Å². The normalized spacial score (nSPS) is 13.5. The van der Waals surface area contributed by atoms with Crippen molar-refractivity contribution in [3.63, 3.8) is 0 Å². The fourth-order valence-corrected chi connectivity index (χ4v) is 5.18. The summed E-state index contributed by atoms with van der Waals surface area (Å²) >= 11 is 0. The van der Waals surface area contributed by atoms with Gasteiger partial charge in [0, 0.05) is 21.8 Å². The van der Waals surface area contributed by atoms with Crippen molar-refractivity contribution in [3.05, 3.63) is 101 Å². The third-order valence-electron chi connectivity index (χ3n) is 8.01. The number of aliphatic hydroxyl groups is 1. The third-order valence-corrected chi connectivity index (χ3v) is 8.37. The molecule has 0 aliphatic heterocycles. The Bertz CT molecular complexity index is 1110. The number of benzene rings is 3. The first-order valence-electron chi connectivity index (χ1n) is 13.8. The third kappa shape index (κ3) is 8.86. The highest BCUT2D eigenvalue weighted by Gasteiger charge is 2.30. The van der Waals surface area contributed by atoms with Crippen molar-refractivity contribution in [3.8, 4) is 5.75 Å². The molecule has 0 aliphatic carbocycles. The van der Waals surface area contributed by atoms with E-state index >= 15 is 0 Å². The van der Waals surface area contributed by atoms with Crippen molar-refractivity contribution in [1.29, 1.82) is 0 Å². The molecule has 0 radical (unpaired) electrons. The second kappa shape index (κ2) is 14.9. The van der Waals surface area contributed by atoms with Crippen LogP contribution in [0.1, 0.15) is 89.5 Å². The Morgan fingerprint density at radius 3 is 1.74 bits per heavy atom. The van der Waals surface area contributed by atoms with E-state index in [1.807, 2.05) is 43.3 Å². The van der Waals surface area contributed by atoms with Crippen LogP contribution >= 0.6 is 8.60 Å². The first-order valence-corrected chi connectivity index (χ1v) is 15.0. The van der Waals surface area contributed by atoms with Gasteiger partial charge in [0.1, 0.15) is 5.75 Å². The number of phenols is 1. The van der Waals surface area contributed by atoms with E-state index in [0.717, 1.165) is 31.2 Å². The van der Waals surface area contributed by atoms with Gasteiger partial charge in [0.25, 0.3) is 0 Å². The SMILES string of the molecule is CC(C)(c1ccccc1)c1ccc(O)c(C(C)(C)c2ccccc2)c1.CCCCC(CC)(CO)COP(O)O. The number of phenolic OH excluding ortho intramolecular Hbond substituents is 1. The average Bonchev–Trinajstić information content (AvgIpc) is 2.95. The highest BCUT2D eigenvalue weighted by molar-refractivity contribution is 7.39. The molecule has 0 bridgehead atoms. The molecule has 39 heavy (non-hydrogen) atoms. The lowest BCUT2D eigenvalue weighted by Gasteiger charge is -2.31. The Labute approximate surface area is 236 Å². The molecule has 0 spiro atoms. The standard InChI is InChI=1S/C24H26O.C9H21O4P/c1-23(2,18-11-7-5-8-12-18)20-15-16-22(25)21(17-20)24(3,4)19-13-9-6-10-14-19;1-3-5-6-9(4-2,7-10)8-13-14(11)12/h5-17,25H,1-4H3;10-12H,3-8H2,1-2H3. The molecule has 0 aliphatic rings. The molecule has 3 aromatic carbocycles. The Balaban J connectivity index is 0.000000326. The van der Waals surface area contributed by atoms with Crippen LogP contribution in [-0.4, -0.2) is 33.2 Å². The van der Waals surface area contributed by atoms with Gasteiger partial charge in [-0.2, -0.15) is 0 Å². The fraction of sp³-hybridized carbons (Fsp3) is 0.455. The summed E-state index contributed by atoms with van der Waals surface area (Å²) in [7, 11) is -2.30. The van der Waals surface area contributed by atoms with E-state index in [9.17, 15) is 10.2 Å². The summed E-state index contributed by atoms with van der Waals surface area (Å²) in [6.07, 6.45) is 3.73. The van der Waals surface area contributed by atoms with Gasteiger partial charge in [-0.1, -0.05) is 127 Å².